The minimum Gasteiger partial charge on any atom is -0.481 e. The van der Waals surface area contributed by atoms with Gasteiger partial charge in [0.2, 0.25) is 5.91 Å². The van der Waals surface area contributed by atoms with Gasteiger partial charge in [0, 0.05) is 11.5 Å². The molecule has 4 heteroatoms. The van der Waals surface area contributed by atoms with Gasteiger partial charge in [-0.25, -0.2) is 0 Å². The molecular weight excluding hydrogens is 278 g/mol. The van der Waals surface area contributed by atoms with Crippen molar-refractivity contribution >= 4 is 11.9 Å². The van der Waals surface area contributed by atoms with Gasteiger partial charge in [0.15, 0.2) is 0 Å². The topological polar surface area (TPSA) is 66.4 Å². The van der Waals surface area contributed by atoms with E-state index in [1.165, 1.54) is 11.1 Å². The molecule has 1 aliphatic rings. The van der Waals surface area contributed by atoms with E-state index in [9.17, 15) is 9.59 Å². The number of carbonyl (C=O) groups excluding carboxylic acids is 1. The van der Waals surface area contributed by atoms with Crippen molar-refractivity contribution in [3.05, 3.63) is 35.4 Å². The van der Waals surface area contributed by atoms with Crippen molar-refractivity contribution in [1.29, 1.82) is 0 Å². The maximum atomic E-state index is 12.4. The van der Waals surface area contributed by atoms with Crippen LogP contribution in [0.15, 0.2) is 24.3 Å². The number of nitrogens with one attached hydrogen (secondary N) is 1. The number of aliphatic carboxylic acids is 1. The van der Waals surface area contributed by atoms with Gasteiger partial charge in [-0.2, -0.15) is 0 Å². The van der Waals surface area contributed by atoms with Crippen molar-refractivity contribution in [1.82, 2.24) is 5.32 Å². The molecule has 2 rings (SSSR count). The molecule has 1 aromatic carbocycles. The predicted molar refractivity (Wildman–Crippen MR) is 85.6 cm³/mol. The molecule has 0 heterocycles. The van der Waals surface area contributed by atoms with Gasteiger partial charge in [-0.3, -0.25) is 9.59 Å². The minimum absolute atomic E-state index is 0.0117. The smallest absolute Gasteiger partial charge is 0.306 e. The van der Waals surface area contributed by atoms with E-state index in [1.807, 2.05) is 26.0 Å². The van der Waals surface area contributed by atoms with Crippen LogP contribution in [0.5, 0.6) is 0 Å². The van der Waals surface area contributed by atoms with Crippen molar-refractivity contribution in [3.63, 3.8) is 0 Å². The van der Waals surface area contributed by atoms with Gasteiger partial charge in [0.1, 0.15) is 0 Å². The van der Waals surface area contributed by atoms with Crippen molar-refractivity contribution in [3.8, 4) is 0 Å². The molecule has 4 nitrogen and oxygen atoms in total. The number of benzene rings is 1. The van der Waals surface area contributed by atoms with Gasteiger partial charge in [0.25, 0.3) is 0 Å². The lowest BCUT2D eigenvalue weighted by Gasteiger charge is -2.28. The van der Waals surface area contributed by atoms with E-state index >= 15 is 0 Å². The Labute approximate surface area is 131 Å². The molecule has 0 aromatic heterocycles. The second-order valence-corrected chi connectivity index (χ2v) is 7.02. The molecule has 0 bridgehead atoms. The quantitative estimate of drug-likeness (QED) is 0.879. The molecule has 1 amide bonds. The van der Waals surface area contributed by atoms with Gasteiger partial charge in [0.05, 0.1) is 5.92 Å². The predicted octanol–water partition coefficient (Wildman–Crippen LogP) is 2.93. The van der Waals surface area contributed by atoms with Crippen LogP contribution in [0.3, 0.4) is 0 Å². The number of hydrogen-bond acceptors (Lipinski definition) is 2. The van der Waals surface area contributed by atoms with Gasteiger partial charge < -0.3 is 10.4 Å². The normalized spacial score (nSPS) is 21.6. The first-order valence-electron chi connectivity index (χ1n) is 7.88. The minimum atomic E-state index is -0.783. The van der Waals surface area contributed by atoms with Crippen LogP contribution in [-0.4, -0.2) is 22.5 Å². The third-order valence-electron chi connectivity index (χ3n) is 4.51. The van der Waals surface area contributed by atoms with E-state index in [1.54, 1.807) is 0 Å². The maximum absolute atomic E-state index is 12.4. The molecule has 0 aliphatic heterocycles. The summed E-state index contributed by atoms with van der Waals surface area (Å²) >= 11 is 0. The Morgan fingerprint density at radius 2 is 1.86 bits per heavy atom. The molecule has 0 radical (unpaired) electrons. The Hall–Kier alpha value is -1.84. The highest BCUT2D eigenvalue weighted by Crippen LogP contribution is 2.31. The molecular formula is C18H25NO3. The molecule has 0 saturated heterocycles. The number of amides is 1. The third-order valence-corrected chi connectivity index (χ3v) is 4.51. The van der Waals surface area contributed by atoms with E-state index in [-0.39, 0.29) is 23.3 Å². The first-order valence-corrected chi connectivity index (χ1v) is 7.88. The van der Waals surface area contributed by atoms with E-state index < -0.39 is 5.97 Å². The number of carboxylic acid groups (broad SMARTS) is 1. The van der Waals surface area contributed by atoms with E-state index in [4.69, 9.17) is 5.11 Å². The van der Waals surface area contributed by atoms with Crippen molar-refractivity contribution in [2.45, 2.75) is 52.0 Å². The van der Waals surface area contributed by atoms with Gasteiger partial charge in [-0.15, -0.1) is 0 Å². The summed E-state index contributed by atoms with van der Waals surface area (Å²) in [5.41, 5.74) is 2.10. The lowest BCUT2D eigenvalue weighted by Crippen LogP contribution is -2.47. The molecule has 120 valence electrons. The lowest BCUT2D eigenvalue weighted by atomic mass is 9.91. The molecule has 1 fully saturated rings. The summed E-state index contributed by atoms with van der Waals surface area (Å²) in [6.07, 6.45) is 2.50. The second kappa shape index (κ2) is 6.51. The van der Waals surface area contributed by atoms with Crippen molar-refractivity contribution in [2.75, 3.05) is 0 Å². The molecule has 2 N–H and O–H groups in total. The van der Waals surface area contributed by atoms with E-state index in [0.717, 1.165) is 6.42 Å². The van der Waals surface area contributed by atoms with Crippen LogP contribution in [-0.2, 0) is 16.0 Å². The summed E-state index contributed by atoms with van der Waals surface area (Å²) in [6.45, 7) is 6.10. The highest BCUT2D eigenvalue weighted by Gasteiger charge is 2.35. The summed E-state index contributed by atoms with van der Waals surface area (Å²) in [5.74, 6) is -1.33. The highest BCUT2D eigenvalue weighted by atomic mass is 16.4. The molecule has 1 aromatic rings. The average Bonchev–Trinajstić information content (AvgIpc) is 2.90. The first-order chi connectivity index (χ1) is 10.3. The Bertz CT molecular complexity index is 565. The van der Waals surface area contributed by atoms with Crippen LogP contribution in [0.25, 0.3) is 0 Å². The standard InChI is InChI=1S/C18H25NO3/c1-12-6-4-5-7-15(12)11-18(2,3)19-16(20)13-8-9-14(10-13)17(21)22/h4-7,13-14H,8-11H2,1-3H3,(H,19,20)(H,21,22)/t13-,14+/m1/s1. The molecule has 1 aliphatic carbocycles. The summed E-state index contributed by atoms with van der Waals surface area (Å²) < 4.78 is 0. The molecule has 0 spiro atoms. The molecule has 2 atom stereocenters. The van der Waals surface area contributed by atoms with Crippen LogP contribution >= 0.6 is 0 Å². The van der Waals surface area contributed by atoms with Crippen molar-refractivity contribution < 1.29 is 14.7 Å². The van der Waals surface area contributed by atoms with Gasteiger partial charge >= 0.3 is 5.97 Å². The van der Waals surface area contributed by atoms with Crippen LogP contribution in [0.2, 0.25) is 0 Å². The Kier molecular flexibility index (Phi) is 4.89. The zero-order valence-electron chi connectivity index (χ0n) is 13.6. The monoisotopic (exact) mass is 303 g/mol. The summed E-state index contributed by atoms with van der Waals surface area (Å²) in [6, 6.07) is 8.17. The first kappa shape index (κ1) is 16.5. The zero-order chi connectivity index (χ0) is 16.3. The summed E-state index contributed by atoms with van der Waals surface area (Å²) in [7, 11) is 0. The fourth-order valence-electron chi connectivity index (χ4n) is 3.21. The molecule has 1 saturated carbocycles. The number of hydrogen-bond donors (Lipinski definition) is 2. The van der Waals surface area contributed by atoms with Crippen LogP contribution in [0.1, 0.15) is 44.2 Å². The Morgan fingerprint density at radius 3 is 2.45 bits per heavy atom. The number of carboxylic acids is 1. The average molecular weight is 303 g/mol. The van der Waals surface area contributed by atoms with Crippen LogP contribution < -0.4 is 5.32 Å². The zero-order valence-corrected chi connectivity index (χ0v) is 13.6. The number of carbonyl (C=O) groups is 2. The fourth-order valence-corrected chi connectivity index (χ4v) is 3.21. The van der Waals surface area contributed by atoms with Gasteiger partial charge in [-0.05, 0) is 57.6 Å². The molecule has 22 heavy (non-hydrogen) atoms. The number of rotatable bonds is 5. The SMILES string of the molecule is Cc1ccccc1CC(C)(C)NC(=O)[C@@H]1CC[C@H](C(=O)O)C1. The van der Waals surface area contributed by atoms with Crippen molar-refractivity contribution in [2.24, 2.45) is 11.8 Å². The largest absolute Gasteiger partial charge is 0.481 e. The third kappa shape index (κ3) is 4.09. The Morgan fingerprint density at radius 1 is 1.23 bits per heavy atom. The van der Waals surface area contributed by atoms with Gasteiger partial charge in [-0.1, -0.05) is 24.3 Å². The molecule has 0 unspecified atom stereocenters. The van der Waals surface area contributed by atoms with E-state index in [0.29, 0.717) is 19.3 Å². The number of aryl methyl sites for hydroxylation is 1. The summed E-state index contributed by atoms with van der Waals surface area (Å²) in [5, 5.41) is 12.1. The summed E-state index contributed by atoms with van der Waals surface area (Å²) in [4.78, 5) is 23.4. The Balaban J connectivity index is 1.95. The fraction of sp³-hybridized carbons (Fsp3) is 0.556. The van der Waals surface area contributed by atoms with E-state index in [2.05, 4.69) is 24.4 Å². The van der Waals surface area contributed by atoms with Crippen LogP contribution in [0, 0.1) is 18.8 Å². The highest BCUT2D eigenvalue weighted by molar-refractivity contribution is 5.81. The van der Waals surface area contributed by atoms with Crippen LogP contribution in [0.4, 0.5) is 0 Å². The maximum Gasteiger partial charge on any atom is 0.306 e. The second-order valence-electron chi connectivity index (χ2n) is 7.02. The lowest BCUT2D eigenvalue weighted by molar-refractivity contribution is -0.141.